The highest BCUT2D eigenvalue weighted by atomic mass is 19.1. The van der Waals surface area contributed by atoms with Gasteiger partial charge >= 0.3 is 6.09 Å². The first-order valence-electron chi connectivity index (χ1n) is 5.13. The summed E-state index contributed by atoms with van der Waals surface area (Å²) >= 11 is 0. The third-order valence-electron chi connectivity index (χ3n) is 3.04. The van der Waals surface area contributed by atoms with E-state index >= 15 is 0 Å². The molecule has 0 saturated heterocycles. The van der Waals surface area contributed by atoms with Gasteiger partial charge in [-0.3, -0.25) is 0 Å². The Morgan fingerprint density at radius 3 is 2.20 bits per heavy atom. The van der Waals surface area contributed by atoms with E-state index in [4.69, 9.17) is 10.6 Å². The number of amides is 1. The lowest BCUT2D eigenvalue weighted by atomic mass is 9.47. The fraction of sp³-hybridized carbons (Fsp3) is 0.900. The van der Waals surface area contributed by atoms with E-state index in [1.165, 1.54) is 0 Å². The molecule has 0 radical (unpaired) electrons. The van der Waals surface area contributed by atoms with Crippen LogP contribution in [0.15, 0.2) is 0 Å². The van der Waals surface area contributed by atoms with Crippen molar-refractivity contribution >= 4 is 6.09 Å². The van der Waals surface area contributed by atoms with Crippen molar-refractivity contribution in [2.75, 3.05) is 0 Å². The standard InChI is InChI=1S/C10H17FN2O2/c1-8(2,3)15-7(14)13(12)10-4-9(11,5-10)6-10/h4-6,12H2,1-3H3. The van der Waals surface area contributed by atoms with Crippen molar-refractivity contribution in [2.45, 2.75) is 56.8 Å². The van der Waals surface area contributed by atoms with Gasteiger partial charge in [0.15, 0.2) is 0 Å². The third-order valence-corrected chi connectivity index (χ3v) is 3.04. The van der Waals surface area contributed by atoms with Crippen molar-refractivity contribution < 1.29 is 13.9 Å². The van der Waals surface area contributed by atoms with E-state index in [9.17, 15) is 9.18 Å². The zero-order chi connectivity index (χ0) is 11.5. The van der Waals surface area contributed by atoms with Crippen molar-refractivity contribution in [2.24, 2.45) is 5.84 Å². The Morgan fingerprint density at radius 2 is 1.87 bits per heavy atom. The summed E-state index contributed by atoms with van der Waals surface area (Å²) in [6, 6.07) is 0. The zero-order valence-corrected chi connectivity index (χ0v) is 9.34. The zero-order valence-electron chi connectivity index (χ0n) is 9.34. The largest absolute Gasteiger partial charge is 0.443 e. The first-order chi connectivity index (χ1) is 6.66. The molecule has 15 heavy (non-hydrogen) atoms. The number of carbonyl (C=O) groups is 1. The van der Waals surface area contributed by atoms with Crippen molar-refractivity contribution in [3.05, 3.63) is 0 Å². The maximum atomic E-state index is 13.2. The maximum Gasteiger partial charge on any atom is 0.425 e. The van der Waals surface area contributed by atoms with Gasteiger partial charge < -0.3 is 4.74 Å². The Labute approximate surface area is 88.5 Å². The summed E-state index contributed by atoms with van der Waals surface area (Å²) in [6.45, 7) is 5.33. The van der Waals surface area contributed by atoms with Crippen LogP contribution in [0, 0.1) is 0 Å². The monoisotopic (exact) mass is 216 g/mol. The molecular weight excluding hydrogens is 199 g/mol. The number of nitrogens with zero attached hydrogens (tertiary/aromatic N) is 1. The fourth-order valence-corrected chi connectivity index (χ4v) is 2.37. The molecule has 1 amide bonds. The van der Waals surface area contributed by atoms with Crippen LogP contribution in [0.5, 0.6) is 0 Å². The summed E-state index contributed by atoms with van der Waals surface area (Å²) < 4.78 is 18.4. The van der Waals surface area contributed by atoms with Crippen molar-refractivity contribution in [1.82, 2.24) is 5.01 Å². The number of hydrogen-bond acceptors (Lipinski definition) is 3. The van der Waals surface area contributed by atoms with Crippen LogP contribution in [0.4, 0.5) is 9.18 Å². The molecule has 3 fully saturated rings. The normalized spacial score (nSPS) is 37.7. The minimum absolute atomic E-state index is 0.357. The Hall–Kier alpha value is -0.840. The average molecular weight is 216 g/mol. The highest BCUT2D eigenvalue weighted by Gasteiger charge is 2.73. The summed E-state index contributed by atoms with van der Waals surface area (Å²) in [5, 5.41) is 1.07. The lowest BCUT2D eigenvalue weighted by Crippen LogP contribution is -2.79. The molecule has 0 aromatic carbocycles. The quantitative estimate of drug-likeness (QED) is 0.412. The van der Waals surface area contributed by atoms with Crippen LogP contribution < -0.4 is 5.84 Å². The number of rotatable bonds is 1. The van der Waals surface area contributed by atoms with Gasteiger partial charge in [-0.2, -0.15) is 0 Å². The van der Waals surface area contributed by atoms with Gasteiger partial charge in [0.25, 0.3) is 0 Å². The predicted octanol–water partition coefficient (Wildman–Crippen LogP) is 1.74. The van der Waals surface area contributed by atoms with Crippen molar-refractivity contribution in [3.63, 3.8) is 0 Å². The van der Waals surface area contributed by atoms with E-state index in [0.717, 1.165) is 5.01 Å². The molecule has 0 unspecified atom stereocenters. The molecule has 0 aliphatic heterocycles. The van der Waals surface area contributed by atoms with Gasteiger partial charge in [-0.1, -0.05) is 0 Å². The molecule has 0 aromatic rings. The lowest BCUT2D eigenvalue weighted by molar-refractivity contribution is -0.219. The molecule has 0 heterocycles. The topological polar surface area (TPSA) is 55.6 Å². The van der Waals surface area contributed by atoms with E-state index in [1.807, 2.05) is 0 Å². The maximum absolute atomic E-state index is 13.2. The molecule has 3 aliphatic carbocycles. The van der Waals surface area contributed by atoms with E-state index in [1.54, 1.807) is 20.8 Å². The third kappa shape index (κ3) is 1.58. The van der Waals surface area contributed by atoms with Crippen LogP contribution in [-0.4, -0.2) is 27.9 Å². The molecule has 2 bridgehead atoms. The minimum Gasteiger partial charge on any atom is -0.443 e. The molecule has 86 valence electrons. The summed E-state index contributed by atoms with van der Waals surface area (Å²) in [7, 11) is 0. The first-order valence-corrected chi connectivity index (χ1v) is 5.13. The number of nitrogens with two attached hydrogens (primary N) is 1. The molecule has 0 aromatic heterocycles. The highest BCUT2D eigenvalue weighted by Crippen LogP contribution is 2.65. The second-order valence-corrected chi connectivity index (χ2v) is 5.76. The minimum atomic E-state index is -1.06. The van der Waals surface area contributed by atoms with E-state index in [-0.39, 0.29) is 0 Å². The lowest BCUT2D eigenvalue weighted by Gasteiger charge is -2.67. The molecular formula is C10H17FN2O2. The van der Waals surface area contributed by atoms with Crippen LogP contribution in [0.25, 0.3) is 0 Å². The van der Waals surface area contributed by atoms with Crippen LogP contribution in [0.1, 0.15) is 40.0 Å². The summed E-state index contributed by atoms with van der Waals surface area (Å²) in [4.78, 5) is 11.6. The van der Waals surface area contributed by atoms with Crippen LogP contribution in [0.3, 0.4) is 0 Å². The average Bonchev–Trinajstić information content (AvgIpc) is 1.92. The van der Waals surface area contributed by atoms with Gasteiger partial charge in [-0.15, -0.1) is 0 Å². The Kier molecular flexibility index (Phi) is 1.88. The molecule has 4 nitrogen and oxygen atoms in total. The predicted molar refractivity (Wildman–Crippen MR) is 52.7 cm³/mol. The van der Waals surface area contributed by atoms with Gasteiger partial charge in [0.05, 0.1) is 5.54 Å². The fourth-order valence-electron chi connectivity index (χ4n) is 2.37. The number of hydrazine groups is 1. The van der Waals surface area contributed by atoms with Crippen molar-refractivity contribution in [1.29, 1.82) is 0 Å². The molecule has 0 atom stereocenters. The highest BCUT2D eigenvalue weighted by molar-refractivity contribution is 5.69. The molecule has 3 aliphatic rings. The Balaban J connectivity index is 1.92. The number of hydrogen-bond donors (Lipinski definition) is 1. The number of carbonyl (C=O) groups excluding carboxylic acids is 1. The smallest absolute Gasteiger partial charge is 0.425 e. The van der Waals surface area contributed by atoms with Crippen LogP contribution in [0.2, 0.25) is 0 Å². The number of ether oxygens (including phenoxy) is 1. The van der Waals surface area contributed by atoms with Gasteiger partial charge in [-0.25, -0.2) is 20.0 Å². The van der Waals surface area contributed by atoms with E-state index in [2.05, 4.69) is 0 Å². The van der Waals surface area contributed by atoms with Gasteiger partial charge in [0, 0.05) is 19.3 Å². The number of alkyl halides is 1. The second kappa shape index (κ2) is 2.64. The second-order valence-electron chi connectivity index (χ2n) is 5.76. The Morgan fingerprint density at radius 1 is 1.40 bits per heavy atom. The van der Waals surface area contributed by atoms with E-state index in [0.29, 0.717) is 19.3 Å². The van der Waals surface area contributed by atoms with Gasteiger partial charge in [0.2, 0.25) is 0 Å². The SMILES string of the molecule is CC(C)(C)OC(=O)N(N)C12CC(F)(C1)C2. The molecule has 3 saturated carbocycles. The molecule has 5 heteroatoms. The van der Waals surface area contributed by atoms with E-state index < -0.39 is 22.9 Å². The van der Waals surface area contributed by atoms with Gasteiger partial charge in [0.1, 0.15) is 11.3 Å². The molecule has 2 N–H and O–H groups in total. The number of halogens is 1. The summed E-state index contributed by atoms with van der Waals surface area (Å²) in [5.74, 6) is 5.65. The first kappa shape index (κ1) is 10.7. The Bertz CT molecular complexity index is 291. The van der Waals surface area contributed by atoms with Crippen molar-refractivity contribution in [3.8, 4) is 0 Å². The van der Waals surface area contributed by atoms with Crippen LogP contribution >= 0.6 is 0 Å². The molecule has 0 spiro atoms. The van der Waals surface area contributed by atoms with Gasteiger partial charge in [-0.05, 0) is 20.8 Å². The van der Waals surface area contributed by atoms with Crippen LogP contribution in [-0.2, 0) is 4.74 Å². The molecule has 3 rings (SSSR count). The summed E-state index contributed by atoms with van der Waals surface area (Å²) in [6.07, 6.45) is 0.505. The summed E-state index contributed by atoms with van der Waals surface area (Å²) in [5.41, 5.74) is -2.08.